The van der Waals surface area contributed by atoms with Gasteiger partial charge in [0.1, 0.15) is 0 Å². The second-order valence-electron chi connectivity index (χ2n) is 8.00. The summed E-state index contributed by atoms with van der Waals surface area (Å²) in [6, 6.07) is 9.64. The molecule has 0 radical (unpaired) electrons. The van der Waals surface area contributed by atoms with Crippen LogP contribution in [0, 0.1) is 23.7 Å². The molecule has 2 heteroatoms. The summed E-state index contributed by atoms with van der Waals surface area (Å²) in [5.41, 5.74) is 2.82. The number of benzene rings is 1. The molecule has 4 bridgehead atoms. The number of nitrogens with one attached hydrogen (secondary N) is 1. The molecule has 4 aliphatic rings. The Morgan fingerprint density at radius 1 is 0.952 bits per heavy atom. The fourth-order valence-electron chi connectivity index (χ4n) is 5.48. The molecule has 1 aromatic rings. The van der Waals surface area contributed by atoms with Crippen LogP contribution in [0.4, 0.5) is 5.69 Å². The number of para-hydroxylation sites is 1. The Labute approximate surface area is 128 Å². The van der Waals surface area contributed by atoms with Crippen LogP contribution < -0.4 is 5.32 Å². The van der Waals surface area contributed by atoms with Gasteiger partial charge in [0.15, 0.2) is 0 Å². The standard InChI is InChI=1S/C19H28N2/c1-21(2)12-15-5-3-4-6-18(15)20-19-16-8-13-7-14(10-16)11-17(19)9-13/h3-6,13-14,16-17,19-20H,7-12H2,1-2H3. The van der Waals surface area contributed by atoms with E-state index in [1.54, 1.807) is 0 Å². The van der Waals surface area contributed by atoms with Crippen molar-refractivity contribution in [1.29, 1.82) is 0 Å². The average Bonchev–Trinajstić information content (AvgIpc) is 2.43. The van der Waals surface area contributed by atoms with Gasteiger partial charge in [0.25, 0.3) is 0 Å². The molecule has 5 rings (SSSR count). The third-order valence-corrected chi connectivity index (χ3v) is 6.05. The SMILES string of the molecule is CN(C)Cc1ccccc1NC1C2CC3CC(C2)CC1C3. The van der Waals surface area contributed by atoms with Crippen molar-refractivity contribution in [1.82, 2.24) is 4.90 Å². The molecule has 0 aromatic heterocycles. The first-order valence-corrected chi connectivity index (χ1v) is 8.68. The van der Waals surface area contributed by atoms with Crippen LogP contribution in [0.1, 0.15) is 37.7 Å². The van der Waals surface area contributed by atoms with Crippen LogP contribution in [0.15, 0.2) is 24.3 Å². The predicted octanol–water partition coefficient (Wildman–Crippen LogP) is 3.98. The van der Waals surface area contributed by atoms with E-state index in [0.717, 1.165) is 36.3 Å². The van der Waals surface area contributed by atoms with Gasteiger partial charge < -0.3 is 10.2 Å². The molecule has 1 N–H and O–H groups in total. The highest BCUT2D eigenvalue weighted by Gasteiger charge is 2.48. The molecule has 2 nitrogen and oxygen atoms in total. The van der Waals surface area contributed by atoms with Gasteiger partial charge in [-0.2, -0.15) is 0 Å². The van der Waals surface area contributed by atoms with Crippen molar-refractivity contribution in [3.63, 3.8) is 0 Å². The Morgan fingerprint density at radius 3 is 2.19 bits per heavy atom. The van der Waals surface area contributed by atoms with Crippen LogP contribution in [0.3, 0.4) is 0 Å². The second kappa shape index (κ2) is 5.31. The molecule has 4 aliphatic carbocycles. The molecular weight excluding hydrogens is 256 g/mol. The summed E-state index contributed by atoms with van der Waals surface area (Å²) >= 11 is 0. The fourth-order valence-corrected chi connectivity index (χ4v) is 5.48. The van der Waals surface area contributed by atoms with Gasteiger partial charge in [-0.15, -0.1) is 0 Å². The van der Waals surface area contributed by atoms with E-state index < -0.39 is 0 Å². The predicted molar refractivity (Wildman–Crippen MR) is 88.3 cm³/mol. The Bertz CT molecular complexity index is 480. The zero-order valence-corrected chi connectivity index (χ0v) is 13.4. The highest BCUT2D eigenvalue weighted by Crippen LogP contribution is 2.54. The summed E-state index contributed by atoms with van der Waals surface area (Å²) in [7, 11) is 4.30. The minimum Gasteiger partial charge on any atom is -0.381 e. The number of anilines is 1. The lowest BCUT2D eigenvalue weighted by molar-refractivity contribution is 0.00750. The van der Waals surface area contributed by atoms with E-state index in [9.17, 15) is 0 Å². The van der Waals surface area contributed by atoms with Gasteiger partial charge in [0, 0.05) is 18.3 Å². The molecule has 4 saturated carbocycles. The van der Waals surface area contributed by atoms with Gasteiger partial charge in [-0.3, -0.25) is 0 Å². The van der Waals surface area contributed by atoms with Crippen molar-refractivity contribution in [3.8, 4) is 0 Å². The molecule has 0 amide bonds. The van der Waals surface area contributed by atoms with Crippen LogP contribution >= 0.6 is 0 Å². The van der Waals surface area contributed by atoms with E-state index in [0.29, 0.717) is 0 Å². The molecule has 0 heterocycles. The van der Waals surface area contributed by atoms with E-state index in [-0.39, 0.29) is 0 Å². The largest absolute Gasteiger partial charge is 0.381 e. The summed E-state index contributed by atoms with van der Waals surface area (Å²) in [6.07, 6.45) is 7.49. The van der Waals surface area contributed by atoms with E-state index in [4.69, 9.17) is 0 Å². The molecule has 21 heavy (non-hydrogen) atoms. The normalized spacial score (nSPS) is 37.2. The Balaban J connectivity index is 1.54. The monoisotopic (exact) mass is 284 g/mol. The lowest BCUT2D eigenvalue weighted by Gasteiger charge is -2.54. The molecule has 0 aliphatic heterocycles. The summed E-state index contributed by atoms with van der Waals surface area (Å²) < 4.78 is 0. The average molecular weight is 284 g/mol. The van der Waals surface area contributed by atoms with Gasteiger partial charge in [-0.25, -0.2) is 0 Å². The van der Waals surface area contributed by atoms with Crippen molar-refractivity contribution < 1.29 is 0 Å². The maximum Gasteiger partial charge on any atom is 0.0388 e. The molecule has 0 unspecified atom stereocenters. The molecule has 0 spiro atoms. The van der Waals surface area contributed by atoms with Crippen LogP contribution in [0.2, 0.25) is 0 Å². The third kappa shape index (κ3) is 2.59. The Morgan fingerprint density at radius 2 is 1.57 bits per heavy atom. The zero-order chi connectivity index (χ0) is 14.4. The maximum atomic E-state index is 3.97. The van der Waals surface area contributed by atoms with Crippen molar-refractivity contribution in [3.05, 3.63) is 29.8 Å². The van der Waals surface area contributed by atoms with Gasteiger partial charge in [0.2, 0.25) is 0 Å². The van der Waals surface area contributed by atoms with E-state index in [1.807, 2.05) is 0 Å². The first-order chi connectivity index (χ1) is 10.2. The summed E-state index contributed by atoms with van der Waals surface area (Å²) in [6.45, 7) is 1.02. The van der Waals surface area contributed by atoms with Crippen molar-refractivity contribution in [2.75, 3.05) is 19.4 Å². The Kier molecular flexibility index (Phi) is 3.45. The summed E-state index contributed by atoms with van der Waals surface area (Å²) in [5, 5.41) is 3.97. The minimum absolute atomic E-state index is 0.737. The zero-order valence-electron chi connectivity index (χ0n) is 13.4. The molecule has 1 aromatic carbocycles. The topological polar surface area (TPSA) is 15.3 Å². The van der Waals surface area contributed by atoms with Crippen molar-refractivity contribution in [2.24, 2.45) is 23.7 Å². The van der Waals surface area contributed by atoms with Gasteiger partial charge in [-0.05, 0) is 81.5 Å². The van der Waals surface area contributed by atoms with Gasteiger partial charge >= 0.3 is 0 Å². The minimum atomic E-state index is 0.737. The highest BCUT2D eigenvalue weighted by atomic mass is 15.1. The van der Waals surface area contributed by atoms with Crippen LogP contribution in [-0.2, 0) is 6.54 Å². The number of rotatable bonds is 4. The molecule has 114 valence electrons. The number of nitrogens with zero attached hydrogens (tertiary/aromatic N) is 1. The molecule has 0 saturated heterocycles. The van der Waals surface area contributed by atoms with Gasteiger partial charge in [-0.1, -0.05) is 18.2 Å². The maximum absolute atomic E-state index is 3.97. The van der Waals surface area contributed by atoms with Crippen LogP contribution in [0.5, 0.6) is 0 Å². The second-order valence-corrected chi connectivity index (χ2v) is 8.00. The molecule has 0 atom stereocenters. The Hall–Kier alpha value is -1.02. The fraction of sp³-hybridized carbons (Fsp3) is 0.684. The molecular formula is C19H28N2. The lowest BCUT2D eigenvalue weighted by Crippen LogP contribution is -2.51. The first kappa shape index (κ1) is 13.6. The molecule has 4 fully saturated rings. The highest BCUT2D eigenvalue weighted by molar-refractivity contribution is 5.52. The number of hydrogen-bond acceptors (Lipinski definition) is 2. The third-order valence-electron chi connectivity index (χ3n) is 6.05. The van der Waals surface area contributed by atoms with Gasteiger partial charge in [0.05, 0.1) is 0 Å². The van der Waals surface area contributed by atoms with Crippen molar-refractivity contribution >= 4 is 5.69 Å². The number of hydrogen-bond donors (Lipinski definition) is 1. The van der Waals surface area contributed by atoms with Crippen molar-refractivity contribution in [2.45, 2.75) is 44.7 Å². The van der Waals surface area contributed by atoms with E-state index >= 15 is 0 Å². The quantitative estimate of drug-likeness (QED) is 0.899. The van der Waals surface area contributed by atoms with E-state index in [2.05, 4.69) is 48.6 Å². The lowest BCUT2D eigenvalue weighted by atomic mass is 9.54. The first-order valence-electron chi connectivity index (χ1n) is 8.68. The summed E-state index contributed by atoms with van der Waals surface area (Å²) in [5.74, 6) is 3.99. The summed E-state index contributed by atoms with van der Waals surface area (Å²) in [4.78, 5) is 2.26. The smallest absolute Gasteiger partial charge is 0.0388 e. The van der Waals surface area contributed by atoms with Crippen LogP contribution in [-0.4, -0.2) is 25.0 Å². The van der Waals surface area contributed by atoms with Crippen LogP contribution in [0.25, 0.3) is 0 Å². The van der Waals surface area contributed by atoms with E-state index in [1.165, 1.54) is 43.4 Å².